The minimum atomic E-state index is -0.690. The van der Waals surface area contributed by atoms with E-state index in [4.69, 9.17) is 10.8 Å². The van der Waals surface area contributed by atoms with Gasteiger partial charge in [0.2, 0.25) is 0 Å². The van der Waals surface area contributed by atoms with Crippen molar-refractivity contribution in [3.63, 3.8) is 0 Å². The van der Waals surface area contributed by atoms with E-state index in [1.54, 1.807) is 13.0 Å². The monoisotopic (exact) mass is 197 g/mol. The minimum Gasteiger partial charge on any atom is -0.508 e. The van der Waals surface area contributed by atoms with Gasteiger partial charge in [-0.05, 0) is 30.2 Å². The number of phenolic OH excluding ortho intramolecular Hbond substituents is 1. The topological polar surface area (TPSA) is 86.7 Å². The largest absolute Gasteiger partial charge is 0.508 e. The molecule has 0 aliphatic heterocycles. The molecule has 0 radical (unpaired) electrons. The van der Waals surface area contributed by atoms with Crippen molar-refractivity contribution >= 4 is 0 Å². The molecule has 0 saturated carbocycles. The number of rotatable bonds is 3. The van der Waals surface area contributed by atoms with Crippen molar-refractivity contribution in [2.45, 2.75) is 25.7 Å². The summed E-state index contributed by atoms with van der Waals surface area (Å²) < 4.78 is 0. The molecule has 0 aliphatic rings. The first-order valence-electron chi connectivity index (χ1n) is 4.42. The Balaban J connectivity index is 3.07. The van der Waals surface area contributed by atoms with Crippen LogP contribution in [0.4, 0.5) is 0 Å². The quantitative estimate of drug-likeness (QED) is 0.560. The van der Waals surface area contributed by atoms with Gasteiger partial charge >= 0.3 is 0 Å². The van der Waals surface area contributed by atoms with Crippen LogP contribution in [-0.4, -0.2) is 21.4 Å². The van der Waals surface area contributed by atoms with E-state index in [1.165, 1.54) is 12.1 Å². The highest BCUT2D eigenvalue weighted by atomic mass is 16.3. The SMILES string of the molecule is CC(O)C(N)c1ccc(O)cc1CO. The number of aliphatic hydroxyl groups is 2. The Morgan fingerprint density at radius 2 is 2.07 bits per heavy atom. The van der Waals surface area contributed by atoms with Crippen LogP contribution >= 0.6 is 0 Å². The lowest BCUT2D eigenvalue weighted by atomic mass is 9.98. The highest BCUT2D eigenvalue weighted by molar-refractivity contribution is 5.36. The fourth-order valence-electron chi connectivity index (χ4n) is 1.31. The summed E-state index contributed by atoms with van der Waals surface area (Å²) in [5.74, 6) is 0.0793. The van der Waals surface area contributed by atoms with Gasteiger partial charge in [0.25, 0.3) is 0 Å². The van der Waals surface area contributed by atoms with E-state index in [2.05, 4.69) is 0 Å². The van der Waals surface area contributed by atoms with Gasteiger partial charge in [0, 0.05) is 0 Å². The fraction of sp³-hybridized carbons (Fsp3) is 0.400. The number of aromatic hydroxyl groups is 1. The summed E-state index contributed by atoms with van der Waals surface area (Å²) in [5.41, 5.74) is 6.91. The van der Waals surface area contributed by atoms with E-state index < -0.39 is 12.1 Å². The van der Waals surface area contributed by atoms with E-state index in [9.17, 15) is 10.2 Å². The number of hydrogen-bond acceptors (Lipinski definition) is 4. The van der Waals surface area contributed by atoms with Gasteiger partial charge in [0.05, 0.1) is 18.8 Å². The average Bonchev–Trinajstić information content (AvgIpc) is 2.16. The Hall–Kier alpha value is -1.10. The van der Waals surface area contributed by atoms with Crippen LogP contribution in [0.15, 0.2) is 18.2 Å². The lowest BCUT2D eigenvalue weighted by Crippen LogP contribution is -2.24. The lowest BCUT2D eigenvalue weighted by molar-refractivity contribution is 0.162. The van der Waals surface area contributed by atoms with Gasteiger partial charge in [-0.2, -0.15) is 0 Å². The third-order valence-electron chi connectivity index (χ3n) is 2.18. The van der Waals surface area contributed by atoms with E-state index in [0.717, 1.165) is 0 Å². The second kappa shape index (κ2) is 4.41. The predicted octanol–water partition coefficient (Wildman–Crippen LogP) is 0.265. The first-order valence-corrected chi connectivity index (χ1v) is 4.42. The molecule has 2 atom stereocenters. The number of phenols is 1. The zero-order valence-corrected chi connectivity index (χ0v) is 8.01. The average molecular weight is 197 g/mol. The molecular formula is C10H15NO3. The van der Waals surface area contributed by atoms with Gasteiger partial charge in [-0.15, -0.1) is 0 Å². The molecule has 1 rings (SSSR count). The van der Waals surface area contributed by atoms with Gasteiger partial charge in [0.1, 0.15) is 5.75 Å². The summed E-state index contributed by atoms with van der Waals surface area (Å²) in [6.45, 7) is 1.38. The standard InChI is InChI=1S/C10H15NO3/c1-6(13)10(11)9-3-2-8(14)4-7(9)5-12/h2-4,6,10,12-14H,5,11H2,1H3. The fourth-order valence-corrected chi connectivity index (χ4v) is 1.31. The summed E-state index contributed by atoms with van der Waals surface area (Å²) in [7, 11) is 0. The molecule has 0 heterocycles. The Bertz CT molecular complexity index is 312. The van der Waals surface area contributed by atoms with E-state index in [1.807, 2.05) is 0 Å². The third kappa shape index (κ3) is 2.23. The van der Waals surface area contributed by atoms with Gasteiger partial charge < -0.3 is 21.1 Å². The molecule has 78 valence electrons. The summed E-state index contributed by atoms with van der Waals surface area (Å²) in [6.07, 6.45) is -0.690. The molecule has 5 N–H and O–H groups in total. The van der Waals surface area contributed by atoms with E-state index >= 15 is 0 Å². The van der Waals surface area contributed by atoms with Crippen molar-refractivity contribution in [1.82, 2.24) is 0 Å². The first-order chi connectivity index (χ1) is 6.56. The highest BCUT2D eigenvalue weighted by Crippen LogP contribution is 2.23. The van der Waals surface area contributed by atoms with E-state index in [-0.39, 0.29) is 12.4 Å². The molecule has 0 spiro atoms. The second-order valence-electron chi connectivity index (χ2n) is 3.31. The van der Waals surface area contributed by atoms with Crippen molar-refractivity contribution in [3.05, 3.63) is 29.3 Å². The molecule has 2 unspecified atom stereocenters. The normalized spacial score (nSPS) is 15.1. The van der Waals surface area contributed by atoms with Crippen LogP contribution in [0.2, 0.25) is 0 Å². The molecule has 0 aliphatic carbocycles. The molecule has 4 nitrogen and oxygen atoms in total. The lowest BCUT2D eigenvalue weighted by Gasteiger charge is -2.18. The molecular weight excluding hydrogens is 182 g/mol. The van der Waals surface area contributed by atoms with Crippen LogP contribution in [0.1, 0.15) is 24.1 Å². The molecule has 0 saturated heterocycles. The number of benzene rings is 1. The number of nitrogens with two attached hydrogens (primary N) is 1. The number of aliphatic hydroxyl groups excluding tert-OH is 2. The molecule has 1 aromatic rings. The van der Waals surface area contributed by atoms with Crippen LogP contribution in [0, 0.1) is 0 Å². The van der Waals surface area contributed by atoms with Crippen LogP contribution in [0.3, 0.4) is 0 Å². The van der Waals surface area contributed by atoms with Crippen LogP contribution in [0.25, 0.3) is 0 Å². The molecule has 14 heavy (non-hydrogen) atoms. The smallest absolute Gasteiger partial charge is 0.115 e. The predicted molar refractivity (Wildman–Crippen MR) is 52.6 cm³/mol. The van der Waals surface area contributed by atoms with Gasteiger partial charge in [-0.25, -0.2) is 0 Å². The Kier molecular flexibility index (Phi) is 3.46. The molecule has 0 bridgehead atoms. The first kappa shape index (κ1) is 11.0. The Labute approximate surface area is 82.6 Å². The summed E-state index contributed by atoms with van der Waals surface area (Å²) in [4.78, 5) is 0. The van der Waals surface area contributed by atoms with Crippen LogP contribution in [0.5, 0.6) is 5.75 Å². The Morgan fingerprint density at radius 3 is 2.57 bits per heavy atom. The molecule has 0 amide bonds. The highest BCUT2D eigenvalue weighted by Gasteiger charge is 2.15. The zero-order chi connectivity index (χ0) is 10.7. The molecule has 1 aromatic carbocycles. The van der Waals surface area contributed by atoms with Gasteiger partial charge in [0.15, 0.2) is 0 Å². The number of hydrogen-bond donors (Lipinski definition) is 4. The summed E-state index contributed by atoms with van der Waals surface area (Å²) >= 11 is 0. The van der Waals surface area contributed by atoms with Crippen LogP contribution in [-0.2, 0) is 6.61 Å². The van der Waals surface area contributed by atoms with E-state index in [0.29, 0.717) is 11.1 Å². The maximum absolute atomic E-state index is 9.29. The molecule has 0 aromatic heterocycles. The van der Waals surface area contributed by atoms with Crippen molar-refractivity contribution in [2.75, 3.05) is 0 Å². The Morgan fingerprint density at radius 1 is 1.43 bits per heavy atom. The summed E-state index contributed by atoms with van der Waals surface area (Å²) in [5, 5.41) is 27.5. The second-order valence-corrected chi connectivity index (χ2v) is 3.31. The van der Waals surface area contributed by atoms with Crippen molar-refractivity contribution in [3.8, 4) is 5.75 Å². The molecule has 0 fully saturated rings. The van der Waals surface area contributed by atoms with Crippen molar-refractivity contribution in [2.24, 2.45) is 5.73 Å². The third-order valence-corrected chi connectivity index (χ3v) is 2.18. The van der Waals surface area contributed by atoms with Crippen molar-refractivity contribution in [1.29, 1.82) is 0 Å². The molecule has 4 heteroatoms. The summed E-state index contributed by atoms with van der Waals surface area (Å²) in [6, 6.07) is 3.99. The van der Waals surface area contributed by atoms with Crippen LogP contribution < -0.4 is 5.73 Å². The maximum Gasteiger partial charge on any atom is 0.115 e. The zero-order valence-electron chi connectivity index (χ0n) is 8.01. The van der Waals surface area contributed by atoms with Gasteiger partial charge in [-0.1, -0.05) is 6.07 Å². The van der Waals surface area contributed by atoms with Gasteiger partial charge in [-0.3, -0.25) is 0 Å². The minimum absolute atomic E-state index is 0.0793. The van der Waals surface area contributed by atoms with Crippen molar-refractivity contribution < 1.29 is 15.3 Å². The maximum atomic E-state index is 9.29.